The molecule has 0 fully saturated rings. The summed E-state index contributed by atoms with van der Waals surface area (Å²) in [7, 11) is 0. The monoisotopic (exact) mass is 652 g/mol. The number of aryl methyl sites for hydroxylation is 1. The molecule has 0 amide bonds. The fraction of sp³-hybridized carbons (Fsp3) is 0.222. The Bertz CT molecular complexity index is 2810. The van der Waals surface area contributed by atoms with Crippen LogP contribution in [0.15, 0.2) is 108 Å². The summed E-state index contributed by atoms with van der Waals surface area (Å²) < 4.78 is 9.19. The number of rotatable bonds is 4. The van der Waals surface area contributed by atoms with Crippen molar-refractivity contribution in [2.24, 2.45) is 5.41 Å². The number of hydrogen-bond acceptors (Lipinski definition) is 4. The van der Waals surface area contributed by atoms with Gasteiger partial charge in [0.1, 0.15) is 11.4 Å². The first-order valence-electron chi connectivity index (χ1n) is 17.6. The highest BCUT2D eigenvalue weighted by Gasteiger charge is 2.27. The van der Waals surface area contributed by atoms with E-state index >= 15 is 0 Å². The Morgan fingerprint density at radius 1 is 0.600 bits per heavy atom. The fourth-order valence-electron chi connectivity index (χ4n) is 7.80. The predicted molar refractivity (Wildman–Crippen MR) is 209 cm³/mol. The van der Waals surface area contributed by atoms with E-state index in [9.17, 15) is 0 Å². The maximum Gasteiger partial charge on any atom is 0.227 e. The lowest BCUT2D eigenvalue weighted by Crippen LogP contribution is -2.16. The minimum atomic E-state index is 0.0790. The summed E-state index contributed by atoms with van der Waals surface area (Å²) in [5.74, 6) is 1.34. The second-order valence-electron chi connectivity index (χ2n) is 15.2. The molecular weight excluding hydrogens is 613 g/mol. The van der Waals surface area contributed by atoms with Gasteiger partial charge in [0, 0.05) is 38.9 Å². The van der Waals surface area contributed by atoms with Gasteiger partial charge in [-0.15, -0.1) is 0 Å². The summed E-state index contributed by atoms with van der Waals surface area (Å²) in [5, 5.41) is 8.03. The van der Waals surface area contributed by atoms with Crippen molar-refractivity contribution in [3.05, 3.63) is 120 Å². The molecule has 0 aliphatic carbocycles. The van der Waals surface area contributed by atoms with Gasteiger partial charge in [0.25, 0.3) is 0 Å². The Kier molecular flexibility index (Phi) is 6.70. The number of para-hydroxylation sites is 1. The quantitative estimate of drug-likeness (QED) is 0.178. The van der Waals surface area contributed by atoms with E-state index in [1.807, 2.05) is 6.92 Å². The van der Waals surface area contributed by atoms with Crippen molar-refractivity contribution < 1.29 is 4.42 Å². The topological polar surface area (TPSA) is 56.7 Å². The molecule has 0 spiro atoms. The number of hydrogen-bond donors (Lipinski definition) is 0. The van der Waals surface area contributed by atoms with Gasteiger partial charge in [-0.2, -0.15) is 0 Å². The summed E-state index contributed by atoms with van der Waals surface area (Å²) in [6, 6.07) is 36.8. The standard InChI is InChI=1S/C45H40N4O/c1-25(2)39-30-15-10-8-13-28(30)29-14-9-11-16-31(29)41(39)49-40-34-20-19-26(3)46-37(34)23-24-38(40)47-43(49)35-18-12-17-32-33-21-22-36(27(4)45(5,6)7)48-44(33)50-42(32)35/h8-25,27H,1-7H3. The molecule has 4 aromatic heterocycles. The van der Waals surface area contributed by atoms with Gasteiger partial charge in [-0.1, -0.05) is 102 Å². The summed E-state index contributed by atoms with van der Waals surface area (Å²) >= 11 is 0. The van der Waals surface area contributed by atoms with Gasteiger partial charge in [0.05, 0.1) is 27.8 Å². The summed E-state index contributed by atoms with van der Waals surface area (Å²) in [4.78, 5) is 15.5. The molecule has 0 radical (unpaired) electrons. The van der Waals surface area contributed by atoms with Crippen molar-refractivity contribution >= 4 is 65.6 Å². The number of imidazole rings is 1. The Balaban J connectivity index is 1.45. The van der Waals surface area contributed by atoms with Crippen LogP contribution in [0.3, 0.4) is 0 Å². The normalized spacial score (nSPS) is 13.2. The molecule has 1 unspecified atom stereocenters. The number of fused-ring (bicyclic) bond motifs is 9. The second-order valence-corrected chi connectivity index (χ2v) is 15.2. The maximum absolute atomic E-state index is 6.79. The molecular formula is C45H40N4O. The Morgan fingerprint density at radius 3 is 2.00 bits per heavy atom. The lowest BCUT2D eigenvalue weighted by molar-refractivity contribution is 0.334. The Labute approximate surface area is 291 Å². The van der Waals surface area contributed by atoms with Crippen molar-refractivity contribution in [2.75, 3.05) is 0 Å². The predicted octanol–water partition coefficient (Wildman–Crippen LogP) is 12.4. The molecule has 0 aliphatic rings. The molecule has 0 bridgehead atoms. The molecule has 9 aromatic rings. The third-order valence-electron chi connectivity index (χ3n) is 10.7. The largest absolute Gasteiger partial charge is 0.437 e. The molecule has 0 N–H and O–H groups in total. The van der Waals surface area contributed by atoms with Gasteiger partial charge < -0.3 is 4.42 Å². The third kappa shape index (κ3) is 4.49. The summed E-state index contributed by atoms with van der Waals surface area (Å²) in [6.45, 7) is 15.6. The smallest absolute Gasteiger partial charge is 0.227 e. The van der Waals surface area contributed by atoms with E-state index in [0.29, 0.717) is 5.71 Å². The summed E-state index contributed by atoms with van der Waals surface area (Å²) in [6.07, 6.45) is 0. The van der Waals surface area contributed by atoms with Gasteiger partial charge in [0.2, 0.25) is 5.71 Å². The molecule has 0 saturated heterocycles. The molecule has 50 heavy (non-hydrogen) atoms. The summed E-state index contributed by atoms with van der Waals surface area (Å²) in [5.41, 5.74) is 9.83. The molecule has 5 nitrogen and oxygen atoms in total. The lowest BCUT2D eigenvalue weighted by atomic mass is 9.80. The fourth-order valence-corrected chi connectivity index (χ4v) is 7.80. The zero-order valence-electron chi connectivity index (χ0n) is 29.7. The number of nitrogens with zero attached hydrogens (tertiary/aromatic N) is 4. The van der Waals surface area contributed by atoms with Crippen LogP contribution in [-0.2, 0) is 0 Å². The first-order valence-corrected chi connectivity index (χ1v) is 17.6. The van der Waals surface area contributed by atoms with Crippen molar-refractivity contribution in [3.63, 3.8) is 0 Å². The molecule has 0 saturated carbocycles. The lowest BCUT2D eigenvalue weighted by Gasteiger charge is -2.26. The number of furan rings is 1. The molecule has 9 rings (SSSR count). The van der Waals surface area contributed by atoms with Crippen LogP contribution in [0.5, 0.6) is 0 Å². The zero-order chi connectivity index (χ0) is 34.5. The van der Waals surface area contributed by atoms with Gasteiger partial charge >= 0.3 is 0 Å². The molecule has 1 atom stereocenters. The van der Waals surface area contributed by atoms with Crippen LogP contribution >= 0.6 is 0 Å². The number of pyridine rings is 2. The highest BCUT2D eigenvalue weighted by molar-refractivity contribution is 6.16. The van der Waals surface area contributed by atoms with Crippen LogP contribution in [0.25, 0.3) is 82.6 Å². The number of aromatic nitrogens is 4. The molecule has 5 aromatic carbocycles. The van der Waals surface area contributed by atoms with Crippen molar-refractivity contribution in [1.82, 2.24) is 19.5 Å². The van der Waals surface area contributed by atoms with E-state index in [0.717, 1.165) is 66.8 Å². The van der Waals surface area contributed by atoms with Crippen LogP contribution in [0.4, 0.5) is 0 Å². The SMILES string of the molecule is Cc1ccc2c(ccc3nc(-c4cccc5c4oc4nc(C(C)C(C)(C)C)ccc45)n(-c4c(C(C)C)c5ccccc5c5ccccc45)c32)n1. The highest BCUT2D eigenvalue weighted by Crippen LogP contribution is 2.45. The van der Waals surface area contributed by atoms with Gasteiger partial charge in [-0.05, 0) is 82.4 Å². The van der Waals surface area contributed by atoms with Gasteiger partial charge in [-0.25, -0.2) is 9.97 Å². The van der Waals surface area contributed by atoms with Crippen LogP contribution in [0.2, 0.25) is 0 Å². The van der Waals surface area contributed by atoms with Crippen molar-refractivity contribution in [2.45, 2.75) is 60.3 Å². The molecule has 5 heteroatoms. The van der Waals surface area contributed by atoms with E-state index in [1.54, 1.807) is 0 Å². The average Bonchev–Trinajstić information content (AvgIpc) is 3.68. The van der Waals surface area contributed by atoms with Crippen molar-refractivity contribution in [3.8, 4) is 17.1 Å². The van der Waals surface area contributed by atoms with E-state index in [2.05, 4.69) is 149 Å². The van der Waals surface area contributed by atoms with E-state index in [-0.39, 0.29) is 17.3 Å². The average molecular weight is 653 g/mol. The minimum absolute atomic E-state index is 0.0790. The Morgan fingerprint density at radius 2 is 1.26 bits per heavy atom. The molecule has 0 aliphatic heterocycles. The zero-order valence-corrected chi connectivity index (χ0v) is 29.7. The molecule has 246 valence electrons. The maximum atomic E-state index is 6.79. The van der Waals surface area contributed by atoms with E-state index < -0.39 is 0 Å². The van der Waals surface area contributed by atoms with E-state index in [4.69, 9.17) is 19.4 Å². The van der Waals surface area contributed by atoms with Gasteiger partial charge in [-0.3, -0.25) is 9.55 Å². The highest BCUT2D eigenvalue weighted by atomic mass is 16.3. The van der Waals surface area contributed by atoms with Gasteiger partial charge in [0.15, 0.2) is 0 Å². The third-order valence-corrected chi connectivity index (χ3v) is 10.7. The van der Waals surface area contributed by atoms with Crippen LogP contribution < -0.4 is 0 Å². The van der Waals surface area contributed by atoms with Crippen LogP contribution in [0, 0.1) is 12.3 Å². The Hall–Kier alpha value is -5.55. The van der Waals surface area contributed by atoms with Crippen LogP contribution in [-0.4, -0.2) is 19.5 Å². The minimum Gasteiger partial charge on any atom is -0.437 e. The first kappa shape index (κ1) is 30.5. The van der Waals surface area contributed by atoms with Crippen LogP contribution in [0.1, 0.15) is 70.3 Å². The molecule has 4 heterocycles. The first-order chi connectivity index (χ1) is 24.1. The second kappa shape index (κ2) is 11.0. The van der Waals surface area contributed by atoms with E-state index in [1.165, 1.54) is 27.1 Å². The van der Waals surface area contributed by atoms with Crippen molar-refractivity contribution in [1.29, 1.82) is 0 Å². The number of benzene rings is 5.